The van der Waals surface area contributed by atoms with Crippen LogP contribution < -0.4 is 5.32 Å². The molecule has 5 rings (SSSR count). The van der Waals surface area contributed by atoms with Crippen molar-refractivity contribution in [2.45, 2.75) is 39.7 Å². The summed E-state index contributed by atoms with van der Waals surface area (Å²) in [5, 5.41) is 5.78. The van der Waals surface area contributed by atoms with Crippen molar-refractivity contribution < 1.29 is 35.8 Å². The second kappa shape index (κ2) is 10.6. The van der Waals surface area contributed by atoms with E-state index in [0.29, 0.717) is 11.6 Å². The average Bonchev–Trinajstić information content (AvgIpc) is 3.27. The zero-order valence-corrected chi connectivity index (χ0v) is 23.8. The third kappa shape index (κ3) is 4.96. The minimum Gasteiger partial charge on any atom is -0.412 e. The summed E-state index contributed by atoms with van der Waals surface area (Å²) >= 11 is 6.62. The lowest BCUT2D eigenvalue weighted by atomic mass is 10.1. The first-order valence-corrected chi connectivity index (χ1v) is 16.6. The van der Waals surface area contributed by atoms with E-state index in [-0.39, 0.29) is 21.1 Å². The van der Waals surface area contributed by atoms with Gasteiger partial charge < -0.3 is 15.0 Å². The molecule has 0 fully saturated rings. The van der Waals surface area contributed by atoms with Crippen LogP contribution in [0.3, 0.4) is 0 Å². The molecular formula is C26H26ClNO8S3. The molecule has 0 aliphatic carbocycles. The van der Waals surface area contributed by atoms with Crippen LogP contribution in [0.2, 0.25) is 5.02 Å². The van der Waals surface area contributed by atoms with Crippen LogP contribution in [0.5, 0.6) is 0 Å². The Morgan fingerprint density at radius 1 is 1.00 bits per heavy atom. The summed E-state index contributed by atoms with van der Waals surface area (Å²) in [7, 11) is -11.6. The summed E-state index contributed by atoms with van der Waals surface area (Å²) in [5.74, 6) is -0.964. The highest BCUT2D eigenvalue weighted by Gasteiger charge is 2.45. The molecular weight excluding hydrogens is 586 g/mol. The third-order valence-corrected chi connectivity index (χ3v) is 13.4. The first-order valence-electron chi connectivity index (χ1n) is 11.7. The van der Waals surface area contributed by atoms with E-state index in [1.54, 1.807) is 19.1 Å². The van der Waals surface area contributed by atoms with Gasteiger partial charge in [-0.1, -0.05) is 54.1 Å². The highest BCUT2D eigenvalue weighted by atomic mass is 35.5. The lowest BCUT2D eigenvalue weighted by molar-refractivity contribution is -0.132. The van der Waals surface area contributed by atoms with Crippen LogP contribution in [0, 0.1) is 0 Å². The van der Waals surface area contributed by atoms with Gasteiger partial charge in [-0.2, -0.15) is 16.8 Å². The molecule has 0 amide bonds. The molecule has 2 unspecified atom stereocenters. The Hall–Kier alpha value is -2.87. The number of benzene rings is 3. The van der Waals surface area contributed by atoms with E-state index in [1.165, 1.54) is 30.3 Å². The molecule has 39 heavy (non-hydrogen) atoms. The van der Waals surface area contributed by atoms with Gasteiger partial charge in [-0.05, 0) is 55.0 Å². The van der Waals surface area contributed by atoms with Gasteiger partial charge in [0.1, 0.15) is 9.79 Å². The van der Waals surface area contributed by atoms with Crippen molar-refractivity contribution in [2.24, 2.45) is 0 Å². The van der Waals surface area contributed by atoms with Gasteiger partial charge in [0, 0.05) is 22.2 Å². The largest absolute Gasteiger partial charge is 0.412 e. The average molecular weight is 612 g/mol. The summed E-state index contributed by atoms with van der Waals surface area (Å²) in [4.78, 5) is 13.5. The van der Waals surface area contributed by atoms with Crippen molar-refractivity contribution in [3.8, 4) is 0 Å². The molecule has 3 aromatic rings. The molecule has 2 aliphatic heterocycles. The molecule has 0 bridgehead atoms. The minimum atomic E-state index is -4.68. The second-order valence-electron chi connectivity index (χ2n) is 8.91. The van der Waals surface area contributed by atoms with E-state index in [9.17, 15) is 26.2 Å². The van der Waals surface area contributed by atoms with E-state index in [4.69, 9.17) is 15.8 Å². The number of halogens is 1. The number of carbonyl (C=O) groups excluding carboxylic acids is 1. The van der Waals surface area contributed by atoms with Crippen LogP contribution in [0.25, 0.3) is 10.8 Å². The van der Waals surface area contributed by atoms with Gasteiger partial charge in [0.05, 0.1) is 15.3 Å². The van der Waals surface area contributed by atoms with Crippen LogP contribution in [0.1, 0.15) is 19.8 Å². The van der Waals surface area contributed by atoms with Gasteiger partial charge in [0.2, 0.25) is 0 Å². The van der Waals surface area contributed by atoms with Crippen LogP contribution in [-0.2, 0) is 29.2 Å². The molecule has 2 aliphatic rings. The Balaban J connectivity index is 0.00000353. The van der Waals surface area contributed by atoms with E-state index in [1.807, 2.05) is 23.6 Å². The lowest BCUT2D eigenvalue weighted by Crippen LogP contribution is -2.33. The third-order valence-electron chi connectivity index (χ3n) is 6.69. The first kappa shape index (κ1) is 29.1. The summed E-state index contributed by atoms with van der Waals surface area (Å²) in [6, 6.07) is 14.9. The van der Waals surface area contributed by atoms with Crippen molar-refractivity contribution in [2.75, 3.05) is 6.54 Å². The SMILES string of the molecule is CC(C(=O)OS(=O)(=O)c1cccc2c(S(=O)(=O)O)cccc12)S1(c2ccccc2Cl)C=CC2=C1NCCC2.O. The summed E-state index contributed by atoms with van der Waals surface area (Å²) < 4.78 is 65.3. The molecule has 0 radical (unpaired) electrons. The normalized spacial score (nSPS) is 21.3. The van der Waals surface area contributed by atoms with E-state index < -0.39 is 46.4 Å². The van der Waals surface area contributed by atoms with Crippen molar-refractivity contribution in [1.29, 1.82) is 0 Å². The molecule has 13 heteroatoms. The summed E-state index contributed by atoms with van der Waals surface area (Å²) in [5.41, 5.74) is 1.06. The number of rotatable bonds is 6. The zero-order chi connectivity index (χ0) is 27.3. The van der Waals surface area contributed by atoms with Crippen molar-refractivity contribution in [3.05, 3.63) is 87.8 Å². The molecule has 208 valence electrons. The molecule has 9 nitrogen and oxygen atoms in total. The van der Waals surface area contributed by atoms with Crippen LogP contribution in [-0.4, -0.2) is 44.6 Å². The highest BCUT2D eigenvalue weighted by Crippen LogP contribution is 2.71. The van der Waals surface area contributed by atoms with Crippen LogP contribution in [0.4, 0.5) is 0 Å². The van der Waals surface area contributed by atoms with Crippen molar-refractivity contribution >= 4 is 58.6 Å². The number of carbonyl (C=O) groups is 1. The molecule has 2 heterocycles. The van der Waals surface area contributed by atoms with Crippen LogP contribution in [0.15, 0.2) is 97.4 Å². The molecule has 4 N–H and O–H groups in total. The highest BCUT2D eigenvalue weighted by molar-refractivity contribution is 8.40. The Morgan fingerprint density at radius 2 is 1.64 bits per heavy atom. The maximum atomic E-state index is 13.6. The standard InChI is InChI=1S/C26H24ClNO7S3.H2O/c1-17(36(24-11-3-2-10-21(24)27)16-14-18-7-6-15-28-25(18)36)26(29)35-38(33,34)23-13-5-8-19-20(23)9-4-12-22(19)37(30,31)32;/h2-5,8-14,16-17,28H,6-7,15H2,1H3,(H,30,31,32);1H2. The maximum absolute atomic E-state index is 13.6. The molecule has 3 aromatic carbocycles. The Kier molecular flexibility index (Phi) is 7.92. The fourth-order valence-corrected chi connectivity index (χ4v) is 11.2. The number of allylic oxidation sites excluding steroid dienone is 2. The smallest absolute Gasteiger partial charge is 0.342 e. The number of hydrogen-bond donors (Lipinski definition) is 2. The van der Waals surface area contributed by atoms with Gasteiger partial charge in [0.15, 0.2) is 0 Å². The van der Waals surface area contributed by atoms with Gasteiger partial charge in [-0.25, -0.2) is 4.79 Å². The minimum absolute atomic E-state index is 0. The topological polar surface area (TPSA) is 158 Å². The Morgan fingerprint density at radius 3 is 2.31 bits per heavy atom. The Bertz CT molecular complexity index is 1750. The Labute approximate surface area is 233 Å². The monoisotopic (exact) mass is 611 g/mol. The first-order chi connectivity index (χ1) is 18.0. The quantitative estimate of drug-likeness (QED) is 0.304. The molecule has 0 aromatic heterocycles. The van der Waals surface area contributed by atoms with Gasteiger partial charge in [-0.15, -0.1) is 10.0 Å². The van der Waals surface area contributed by atoms with Crippen LogP contribution >= 0.6 is 21.6 Å². The maximum Gasteiger partial charge on any atom is 0.342 e. The van der Waals surface area contributed by atoms with E-state index in [2.05, 4.69) is 5.32 Å². The molecule has 0 spiro atoms. The molecule has 0 saturated heterocycles. The van der Waals surface area contributed by atoms with Gasteiger partial charge >= 0.3 is 16.1 Å². The predicted octanol–water partition coefficient (Wildman–Crippen LogP) is 4.52. The van der Waals surface area contributed by atoms with Gasteiger partial charge in [0.25, 0.3) is 10.1 Å². The van der Waals surface area contributed by atoms with Crippen molar-refractivity contribution in [3.63, 3.8) is 0 Å². The summed E-state index contributed by atoms with van der Waals surface area (Å²) in [6.45, 7) is 2.35. The number of nitrogens with one attached hydrogen (secondary N) is 1. The van der Waals surface area contributed by atoms with E-state index >= 15 is 0 Å². The molecule has 2 atom stereocenters. The van der Waals surface area contributed by atoms with Gasteiger partial charge in [-0.3, -0.25) is 4.55 Å². The predicted molar refractivity (Wildman–Crippen MR) is 151 cm³/mol. The summed E-state index contributed by atoms with van der Waals surface area (Å²) in [6.07, 6.45) is 3.73. The fourth-order valence-electron chi connectivity index (χ4n) is 4.92. The fraction of sp³-hybridized carbons (Fsp3) is 0.192. The lowest BCUT2D eigenvalue weighted by Gasteiger charge is -2.43. The number of hydrogen-bond acceptors (Lipinski definition) is 7. The number of fused-ring (bicyclic) bond motifs is 1. The second-order valence-corrected chi connectivity index (χ2v) is 15.5. The van der Waals surface area contributed by atoms with E-state index in [0.717, 1.165) is 34.4 Å². The van der Waals surface area contributed by atoms with Crippen molar-refractivity contribution in [1.82, 2.24) is 5.32 Å². The zero-order valence-electron chi connectivity index (χ0n) is 20.6. The molecule has 0 saturated carbocycles.